The molecule has 0 radical (unpaired) electrons. The fourth-order valence-electron chi connectivity index (χ4n) is 3.38. The molecule has 134 valence electrons. The van der Waals surface area contributed by atoms with Crippen LogP contribution in [0.15, 0.2) is 54.6 Å². The van der Waals surface area contributed by atoms with E-state index >= 15 is 0 Å². The van der Waals surface area contributed by atoms with E-state index in [1.807, 2.05) is 54.6 Å². The highest BCUT2D eigenvalue weighted by molar-refractivity contribution is 5.63. The predicted molar refractivity (Wildman–Crippen MR) is 94.4 cm³/mol. The summed E-state index contributed by atoms with van der Waals surface area (Å²) in [5.74, 6) is 0. The molecule has 3 rings (SSSR count). The number of rotatable bonds is 5. The summed E-state index contributed by atoms with van der Waals surface area (Å²) in [6.45, 7) is 3.21. The van der Waals surface area contributed by atoms with Crippen molar-refractivity contribution in [2.75, 3.05) is 26.2 Å². The first-order valence-corrected chi connectivity index (χ1v) is 8.70. The largest absolute Gasteiger partial charge is 0.389 e. The van der Waals surface area contributed by atoms with E-state index in [0.717, 1.165) is 42.9 Å². The van der Waals surface area contributed by atoms with Gasteiger partial charge in [-0.2, -0.15) is 13.2 Å². The van der Waals surface area contributed by atoms with Crippen molar-refractivity contribution in [1.29, 1.82) is 0 Å². The normalized spacial score (nSPS) is 17.4. The van der Waals surface area contributed by atoms with Gasteiger partial charge in [0, 0.05) is 38.6 Å². The molecule has 0 amide bonds. The molecule has 0 aliphatic carbocycles. The molecule has 0 aromatic heterocycles. The molecule has 0 spiro atoms. The van der Waals surface area contributed by atoms with E-state index in [1.54, 1.807) is 0 Å². The van der Waals surface area contributed by atoms with Gasteiger partial charge in [-0.05, 0) is 23.1 Å². The quantitative estimate of drug-likeness (QED) is 0.847. The Balaban J connectivity index is 1.79. The third kappa shape index (κ3) is 5.06. The molecular weight excluding hydrogens is 325 g/mol. The van der Waals surface area contributed by atoms with Gasteiger partial charge in [-0.15, -0.1) is 0 Å². The minimum absolute atomic E-state index is 0.105. The zero-order valence-corrected chi connectivity index (χ0v) is 14.1. The van der Waals surface area contributed by atoms with Gasteiger partial charge >= 0.3 is 6.18 Å². The minimum atomic E-state index is -4.11. The van der Waals surface area contributed by atoms with E-state index in [1.165, 1.54) is 0 Å². The summed E-state index contributed by atoms with van der Waals surface area (Å²) in [7, 11) is 0. The number of hydrogen-bond donors (Lipinski definition) is 1. The topological polar surface area (TPSA) is 15.3 Å². The average Bonchev–Trinajstić information content (AvgIpc) is 2.63. The number of halogens is 3. The van der Waals surface area contributed by atoms with Gasteiger partial charge < -0.3 is 5.32 Å². The van der Waals surface area contributed by atoms with Crippen LogP contribution in [0.25, 0.3) is 11.1 Å². The smallest absolute Gasteiger partial charge is 0.314 e. The van der Waals surface area contributed by atoms with E-state index in [9.17, 15) is 13.2 Å². The van der Waals surface area contributed by atoms with Crippen molar-refractivity contribution in [1.82, 2.24) is 10.2 Å². The Bertz CT molecular complexity index is 647. The van der Waals surface area contributed by atoms with Crippen LogP contribution in [0.2, 0.25) is 0 Å². The third-order valence-corrected chi connectivity index (χ3v) is 4.70. The van der Waals surface area contributed by atoms with Crippen molar-refractivity contribution in [3.63, 3.8) is 0 Å². The summed E-state index contributed by atoms with van der Waals surface area (Å²) in [4.78, 5) is 2.17. The highest BCUT2D eigenvalue weighted by Gasteiger charge is 2.31. The van der Waals surface area contributed by atoms with Crippen molar-refractivity contribution in [3.05, 3.63) is 60.2 Å². The SMILES string of the molecule is FC(F)(F)CC[C@@H](c1ccc(-c2ccccc2)cc1)N1CCNCC1. The number of nitrogens with one attached hydrogen (secondary N) is 1. The standard InChI is InChI=1S/C20H23F3N2/c21-20(22,23)11-10-19(25-14-12-24-13-15-25)18-8-6-17(7-9-18)16-4-2-1-3-5-16/h1-9,19,24H,10-15H2/t19-/m0/s1. The second-order valence-electron chi connectivity index (χ2n) is 6.44. The van der Waals surface area contributed by atoms with Gasteiger partial charge in [-0.25, -0.2) is 0 Å². The van der Waals surface area contributed by atoms with E-state index in [2.05, 4.69) is 10.2 Å². The lowest BCUT2D eigenvalue weighted by atomic mass is 9.96. The molecule has 1 fully saturated rings. The van der Waals surface area contributed by atoms with Gasteiger partial charge in [0.25, 0.3) is 0 Å². The van der Waals surface area contributed by atoms with Crippen LogP contribution in [0.3, 0.4) is 0 Å². The first kappa shape index (κ1) is 18.0. The molecule has 2 aromatic rings. The van der Waals surface area contributed by atoms with Crippen LogP contribution in [0, 0.1) is 0 Å². The fraction of sp³-hybridized carbons (Fsp3) is 0.400. The maximum Gasteiger partial charge on any atom is 0.389 e. The minimum Gasteiger partial charge on any atom is -0.314 e. The molecule has 2 nitrogen and oxygen atoms in total. The van der Waals surface area contributed by atoms with Crippen LogP contribution in [0.5, 0.6) is 0 Å². The van der Waals surface area contributed by atoms with Crippen LogP contribution in [-0.2, 0) is 0 Å². The molecule has 1 atom stereocenters. The van der Waals surface area contributed by atoms with Crippen LogP contribution >= 0.6 is 0 Å². The molecule has 2 aromatic carbocycles. The lowest BCUT2D eigenvalue weighted by Crippen LogP contribution is -2.45. The summed E-state index contributed by atoms with van der Waals surface area (Å²) in [5, 5.41) is 3.26. The van der Waals surface area contributed by atoms with Crippen molar-refractivity contribution < 1.29 is 13.2 Å². The lowest BCUT2D eigenvalue weighted by molar-refractivity contribution is -0.138. The van der Waals surface area contributed by atoms with E-state index in [0.29, 0.717) is 0 Å². The lowest BCUT2D eigenvalue weighted by Gasteiger charge is -2.35. The zero-order valence-electron chi connectivity index (χ0n) is 14.1. The van der Waals surface area contributed by atoms with Gasteiger partial charge in [-0.1, -0.05) is 54.6 Å². The maximum atomic E-state index is 12.8. The van der Waals surface area contributed by atoms with Crippen molar-refractivity contribution >= 4 is 0 Å². The van der Waals surface area contributed by atoms with E-state index in [4.69, 9.17) is 0 Å². The summed E-state index contributed by atoms with van der Waals surface area (Å²) in [6, 6.07) is 17.8. The van der Waals surface area contributed by atoms with Gasteiger partial charge in [0.2, 0.25) is 0 Å². The number of benzene rings is 2. The monoisotopic (exact) mass is 348 g/mol. The Morgan fingerprint density at radius 2 is 1.48 bits per heavy atom. The molecule has 5 heteroatoms. The fourth-order valence-corrected chi connectivity index (χ4v) is 3.38. The van der Waals surface area contributed by atoms with Crippen LogP contribution in [0.4, 0.5) is 13.2 Å². The Kier molecular flexibility index (Phi) is 5.76. The van der Waals surface area contributed by atoms with Gasteiger partial charge in [0.15, 0.2) is 0 Å². The van der Waals surface area contributed by atoms with Crippen molar-refractivity contribution in [3.8, 4) is 11.1 Å². The number of piperazine rings is 1. The Labute approximate surface area is 146 Å². The highest BCUT2D eigenvalue weighted by atomic mass is 19.4. The summed E-state index contributed by atoms with van der Waals surface area (Å²) in [5.41, 5.74) is 3.16. The van der Waals surface area contributed by atoms with Crippen LogP contribution < -0.4 is 5.32 Å². The van der Waals surface area contributed by atoms with E-state index < -0.39 is 12.6 Å². The van der Waals surface area contributed by atoms with Crippen molar-refractivity contribution in [2.24, 2.45) is 0 Å². The van der Waals surface area contributed by atoms with E-state index in [-0.39, 0.29) is 12.5 Å². The second-order valence-corrected chi connectivity index (χ2v) is 6.44. The number of alkyl halides is 3. The summed E-state index contributed by atoms with van der Waals surface area (Å²) in [6.07, 6.45) is -4.76. The van der Waals surface area contributed by atoms with Gasteiger partial charge in [0.05, 0.1) is 0 Å². The summed E-state index contributed by atoms with van der Waals surface area (Å²) >= 11 is 0. The molecule has 25 heavy (non-hydrogen) atoms. The Morgan fingerprint density at radius 3 is 2.08 bits per heavy atom. The van der Waals surface area contributed by atoms with Crippen LogP contribution in [-0.4, -0.2) is 37.3 Å². The molecule has 1 aliphatic rings. The summed E-state index contributed by atoms with van der Waals surface area (Å²) < 4.78 is 38.3. The highest BCUT2D eigenvalue weighted by Crippen LogP contribution is 2.32. The molecule has 1 saturated heterocycles. The molecule has 0 unspecified atom stereocenters. The predicted octanol–water partition coefficient (Wildman–Crippen LogP) is 4.64. The van der Waals surface area contributed by atoms with Gasteiger partial charge in [-0.3, -0.25) is 4.90 Å². The first-order chi connectivity index (χ1) is 12.0. The Morgan fingerprint density at radius 1 is 0.880 bits per heavy atom. The van der Waals surface area contributed by atoms with Gasteiger partial charge in [0.1, 0.15) is 0 Å². The maximum absolute atomic E-state index is 12.8. The molecule has 0 saturated carbocycles. The second kappa shape index (κ2) is 8.02. The average molecular weight is 348 g/mol. The number of hydrogen-bond acceptors (Lipinski definition) is 2. The third-order valence-electron chi connectivity index (χ3n) is 4.70. The molecule has 1 N–H and O–H groups in total. The molecular formula is C20H23F3N2. The number of nitrogens with zero attached hydrogens (tertiary/aromatic N) is 1. The first-order valence-electron chi connectivity index (χ1n) is 8.70. The molecule has 0 bridgehead atoms. The molecule has 1 heterocycles. The zero-order chi connectivity index (χ0) is 17.7. The Hall–Kier alpha value is -1.85. The van der Waals surface area contributed by atoms with Crippen molar-refractivity contribution in [2.45, 2.75) is 25.1 Å². The van der Waals surface area contributed by atoms with Crippen LogP contribution in [0.1, 0.15) is 24.4 Å². The molecule has 1 aliphatic heterocycles.